The molecule has 0 unspecified atom stereocenters. The molecule has 0 spiro atoms. The van der Waals surface area contributed by atoms with E-state index in [1.54, 1.807) is 24.3 Å². The Labute approximate surface area is 172 Å². The molecule has 0 aliphatic carbocycles. The van der Waals surface area contributed by atoms with E-state index >= 15 is 0 Å². The third kappa shape index (κ3) is 5.56. The summed E-state index contributed by atoms with van der Waals surface area (Å²) < 4.78 is 0. The van der Waals surface area contributed by atoms with Crippen LogP contribution >= 0.6 is 0 Å². The molecule has 2 rings (SSSR count). The molecule has 0 saturated heterocycles. The fourth-order valence-corrected chi connectivity index (χ4v) is 3.12. The number of rotatable bonds is 5. The van der Waals surface area contributed by atoms with Crippen LogP contribution in [0, 0.1) is 10.1 Å². The summed E-state index contributed by atoms with van der Waals surface area (Å²) in [6, 6.07) is 9.82. The van der Waals surface area contributed by atoms with Gasteiger partial charge in [-0.2, -0.15) is 0 Å². The molecule has 6 nitrogen and oxygen atoms in total. The number of amides is 1. The molecule has 0 heterocycles. The molecule has 2 N–H and O–H groups in total. The van der Waals surface area contributed by atoms with E-state index < -0.39 is 4.92 Å². The molecule has 0 aliphatic heterocycles. The lowest BCUT2D eigenvalue weighted by molar-refractivity contribution is -0.384. The molecule has 0 aliphatic rings. The summed E-state index contributed by atoms with van der Waals surface area (Å²) in [6.45, 7) is 12.4. The lowest BCUT2D eigenvalue weighted by atomic mass is 9.78. The van der Waals surface area contributed by atoms with E-state index in [2.05, 4.69) is 5.32 Å². The number of hydrogen-bond donors (Lipinski definition) is 2. The third-order valence-electron chi connectivity index (χ3n) is 4.83. The number of nitrogens with one attached hydrogen (secondary N) is 1. The highest BCUT2D eigenvalue weighted by atomic mass is 16.6. The fraction of sp³-hybridized carbons (Fsp3) is 0.435. The minimum Gasteiger partial charge on any atom is -0.507 e. The molecule has 0 fully saturated rings. The zero-order chi connectivity index (χ0) is 22.0. The minimum absolute atomic E-state index is 0.0475. The normalized spacial score (nSPS) is 11.9. The van der Waals surface area contributed by atoms with Crippen LogP contribution in [-0.4, -0.2) is 22.5 Å². The van der Waals surface area contributed by atoms with Crippen LogP contribution in [0.5, 0.6) is 5.75 Å². The minimum atomic E-state index is -0.435. The van der Waals surface area contributed by atoms with Gasteiger partial charge in [0.25, 0.3) is 11.6 Å². The number of carbonyl (C=O) groups excluding carboxylic acids is 1. The highest BCUT2D eigenvalue weighted by molar-refractivity contribution is 5.95. The van der Waals surface area contributed by atoms with Crippen molar-refractivity contribution in [1.29, 1.82) is 0 Å². The van der Waals surface area contributed by atoms with Crippen molar-refractivity contribution < 1.29 is 14.8 Å². The Morgan fingerprint density at radius 3 is 1.90 bits per heavy atom. The predicted octanol–water partition coefficient (Wildman–Crippen LogP) is 4.87. The molecule has 0 radical (unpaired) electrons. The second kappa shape index (κ2) is 8.23. The topological polar surface area (TPSA) is 92.5 Å². The van der Waals surface area contributed by atoms with Crippen molar-refractivity contribution in [1.82, 2.24) is 5.32 Å². The van der Waals surface area contributed by atoms with Gasteiger partial charge in [-0.25, -0.2) is 0 Å². The lowest BCUT2D eigenvalue weighted by Crippen LogP contribution is -2.27. The number of phenolic OH excluding ortho intramolecular Hbond substituents is 1. The molecule has 0 atom stereocenters. The van der Waals surface area contributed by atoms with Gasteiger partial charge < -0.3 is 10.4 Å². The number of non-ortho nitro benzene ring substituents is 1. The van der Waals surface area contributed by atoms with E-state index in [1.165, 1.54) is 12.1 Å². The zero-order valence-corrected chi connectivity index (χ0v) is 18.0. The molecular weight excluding hydrogens is 368 g/mol. The monoisotopic (exact) mass is 398 g/mol. The molecule has 2 aromatic carbocycles. The predicted molar refractivity (Wildman–Crippen MR) is 115 cm³/mol. The van der Waals surface area contributed by atoms with Crippen molar-refractivity contribution in [2.24, 2.45) is 0 Å². The molecule has 2 aromatic rings. The van der Waals surface area contributed by atoms with Gasteiger partial charge in [0.1, 0.15) is 5.75 Å². The first-order valence-corrected chi connectivity index (χ1v) is 9.70. The van der Waals surface area contributed by atoms with Crippen LogP contribution in [0.25, 0.3) is 0 Å². The van der Waals surface area contributed by atoms with Crippen LogP contribution in [0.15, 0.2) is 36.4 Å². The Bertz CT molecular complexity index is 869. The van der Waals surface area contributed by atoms with Gasteiger partial charge in [-0.3, -0.25) is 14.9 Å². The van der Waals surface area contributed by atoms with Crippen LogP contribution in [0.2, 0.25) is 0 Å². The molecule has 156 valence electrons. The highest BCUT2D eigenvalue weighted by Crippen LogP contribution is 2.39. The van der Waals surface area contributed by atoms with Gasteiger partial charge in [-0.05, 0) is 34.9 Å². The Balaban J connectivity index is 2.18. The van der Waals surface area contributed by atoms with E-state index in [4.69, 9.17) is 0 Å². The Hall–Kier alpha value is -2.89. The standard InChI is InChI=1S/C23H30N2O4/c1-22(2,3)18-13-16(14-19(20(18)26)23(4,5)6)21(27)24-12-11-15-7-9-17(10-8-15)25(28)29/h7-10,13-14,26H,11-12H2,1-6H3,(H,24,27). The van der Waals surface area contributed by atoms with Gasteiger partial charge in [0.2, 0.25) is 0 Å². The van der Waals surface area contributed by atoms with Gasteiger partial charge in [0.15, 0.2) is 0 Å². The van der Waals surface area contributed by atoms with Crippen molar-refractivity contribution in [3.8, 4) is 5.75 Å². The van der Waals surface area contributed by atoms with Crippen molar-refractivity contribution in [2.45, 2.75) is 58.8 Å². The summed E-state index contributed by atoms with van der Waals surface area (Å²) in [7, 11) is 0. The SMILES string of the molecule is CC(C)(C)c1cc(C(=O)NCCc2ccc([N+](=O)[O-])cc2)cc(C(C)(C)C)c1O. The molecule has 29 heavy (non-hydrogen) atoms. The van der Waals surface area contributed by atoms with Crippen LogP contribution in [0.3, 0.4) is 0 Å². The molecule has 0 bridgehead atoms. The molecular formula is C23H30N2O4. The maximum absolute atomic E-state index is 12.8. The summed E-state index contributed by atoms with van der Waals surface area (Å²) in [4.78, 5) is 23.1. The average Bonchev–Trinajstić information content (AvgIpc) is 2.60. The van der Waals surface area contributed by atoms with Gasteiger partial charge >= 0.3 is 0 Å². The molecule has 0 saturated carbocycles. The summed E-state index contributed by atoms with van der Waals surface area (Å²) in [5.41, 5.74) is 2.34. The second-order valence-corrected chi connectivity index (χ2v) is 9.35. The van der Waals surface area contributed by atoms with Gasteiger partial charge in [-0.1, -0.05) is 53.7 Å². The number of nitrogens with zero attached hydrogens (tertiary/aromatic N) is 1. The van der Waals surface area contributed by atoms with Gasteiger partial charge in [-0.15, -0.1) is 0 Å². The first kappa shape index (κ1) is 22.4. The van der Waals surface area contributed by atoms with E-state index in [-0.39, 0.29) is 28.2 Å². The van der Waals surface area contributed by atoms with Crippen molar-refractivity contribution >= 4 is 11.6 Å². The summed E-state index contributed by atoms with van der Waals surface area (Å²) in [6.07, 6.45) is 0.570. The average molecular weight is 399 g/mol. The van der Waals surface area contributed by atoms with Crippen molar-refractivity contribution in [2.75, 3.05) is 6.54 Å². The third-order valence-corrected chi connectivity index (χ3v) is 4.83. The number of nitro benzene ring substituents is 1. The molecule has 0 aromatic heterocycles. The molecule has 1 amide bonds. The second-order valence-electron chi connectivity index (χ2n) is 9.35. The first-order valence-electron chi connectivity index (χ1n) is 9.70. The summed E-state index contributed by atoms with van der Waals surface area (Å²) in [5.74, 6) is 0.0374. The smallest absolute Gasteiger partial charge is 0.269 e. The number of phenols is 1. The maximum atomic E-state index is 12.8. The Kier molecular flexibility index (Phi) is 6.36. The Morgan fingerprint density at radius 2 is 1.48 bits per heavy atom. The molecule has 6 heteroatoms. The quantitative estimate of drug-likeness (QED) is 0.555. The zero-order valence-electron chi connectivity index (χ0n) is 18.0. The van der Waals surface area contributed by atoms with E-state index in [1.807, 2.05) is 41.5 Å². The number of carbonyl (C=O) groups is 1. The first-order chi connectivity index (χ1) is 13.3. The highest BCUT2D eigenvalue weighted by Gasteiger charge is 2.27. The van der Waals surface area contributed by atoms with Crippen LogP contribution in [-0.2, 0) is 17.3 Å². The number of hydrogen-bond acceptors (Lipinski definition) is 4. The summed E-state index contributed by atoms with van der Waals surface area (Å²) in [5, 5.41) is 24.4. The lowest BCUT2D eigenvalue weighted by Gasteiger charge is -2.28. The summed E-state index contributed by atoms with van der Waals surface area (Å²) >= 11 is 0. The van der Waals surface area contributed by atoms with Gasteiger partial charge in [0, 0.05) is 35.4 Å². The van der Waals surface area contributed by atoms with Crippen LogP contribution in [0.1, 0.15) is 68.6 Å². The van der Waals surface area contributed by atoms with Crippen molar-refractivity contribution in [3.63, 3.8) is 0 Å². The van der Waals surface area contributed by atoms with Crippen molar-refractivity contribution in [3.05, 3.63) is 68.8 Å². The largest absolute Gasteiger partial charge is 0.507 e. The van der Waals surface area contributed by atoms with E-state index in [9.17, 15) is 20.0 Å². The van der Waals surface area contributed by atoms with Crippen LogP contribution in [0.4, 0.5) is 5.69 Å². The number of benzene rings is 2. The number of nitro groups is 1. The van der Waals surface area contributed by atoms with Crippen LogP contribution < -0.4 is 5.32 Å². The Morgan fingerprint density at radius 1 is 1.00 bits per heavy atom. The number of aromatic hydroxyl groups is 1. The van der Waals surface area contributed by atoms with Gasteiger partial charge in [0.05, 0.1) is 4.92 Å². The van der Waals surface area contributed by atoms with E-state index in [0.29, 0.717) is 18.5 Å². The fourth-order valence-electron chi connectivity index (χ4n) is 3.12. The maximum Gasteiger partial charge on any atom is 0.269 e. The van der Waals surface area contributed by atoms with E-state index in [0.717, 1.165) is 16.7 Å².